The van der Waals surface area contributed by atoms with Crippen molar-refractivity contribution in [1.82, 2.24) is 35.5 Å². The summed E-state index contributed by atoms with van der Waals surface area (Å²) in [4.78, 5) is 18.1. The summed E-state index contributed by atoms with van der Waals surface area (Å²) < 4.78 is 1.87. The Labute approximate surface area is 186 Å². The topological polar surface area (TPSA) is 101 Å². The molecule has 0 fully saturated rings. The number of imidazole rings is 1. The lowest BCUT2D eigenvalue weighted by Gasteiger charge is -2.15. The number of thiophene rings is 1. The van der Waals surface area contributed by atoms with E-state index < -0.39 is 0 Å². The maximum Gasteiger partial charge on any atom is 0.226 e. The number of hydrogen-bond donors (Lipinski definition) is 2. The normalized spacial score (nSPS) is 12.1. The SMILES string of the molecule is O=C(Cc1cncn1Cc1cccc(Cl)c1Cl)NC(Cc1cccs1)c1nn[nH]n1. The van der Waals surface area contributed by atoms with Crippen LogP contribution in [0.3, 0.4) is 0 Å². The molecule has 3 aromatic heterocycles. The van der Waals surface area contributed by atoms with E-state index in [1.807, 2.05) is 34.2 Å². The van der Waals surface area contributed by atoms with Gasteiger partial charge in [-0.05, 0) is 23.1 Å². The maximum absolute atomic E-state index is 12.8. The molecule has 0 aliphatic rings. The van der Waals surface area contributed by atoms with Crippen LogP contribution in [-0.4, -0.2) is 36.1 Å². The molecule has 0 saturated carbocycles. The molecule has 11 heteroatoms. The molecule has 1 unspecified atom stereocenters. The summed E-state index contributed by atoms with van der Waals surface area (Å²) in [6.45, 7) is 0.464. The van der Waals surface area contributed by atoms with Crippen molar-refractivity contribution in [3.05, 3.63) is 80.2 Å². The van der Waals surface area contributed by atoms with E-state index >= 15 is 0 Å². The molecule has 1 atom stereocenters. The highest BCUT2D eigenvalue weighted by atomic mass is 35.5. The van der Waals surface area contributed by atoms with Crippen molar-refractivity contribution < 1.29 is 4.79 Å². The molecule has 3 heterocycles. The average molecular weight is 462 g/mol. The van der Waals surface area contributed by atoms with Gasteiger partial charge in [0.25, 0.3) is 0 Å². The average Bonchev–Trinajstić information content (AvgIpc) is 3.49. The van der Waals surface area contributed by atoms with Gasteiger partial charge in [-0.25, -0.2) is 4.98 Å². The molecule has 30 heavy (non-hydrogen) atoms. The minimum absolute atomic E-state index is 0.150. The Morgan fingerprint density at radius 2 is 2.17 bits per heavy atom. The number of carbonyl (C=O) groups excluding carboxylic acids is 1. The highest BCUT2D eigenvalue weighted by Crippen LogP contribution is 2.26. The van der Waals surface area contributed by atoms with E-state index in [0.717, 1.165) is 16.1 Å². The van der Waals surface area contributed by atoms with Gasteiger partial charge in [0.05, 0.1) is 35.4 Å². The van der Waals surface area contributed by atoms with Crippen LogP contribution < -0.4 is 5.32 Å². The van der Waals surface area contributed by atoms with E-state index in [2.05, 4.69) is 30.9 Å². The number of hydrogen-bond acceptors (Lipinski definition) is 6. The van der Waals surface area contributed by atoms with Crippen molar-refractivity contribution >= 4 is 40.4 Å². The predicted molar refractivity (Wildman–Crippen MR) is 115 cm³/mol. The highest BCUT2D eigenvalue weighted by molar-refractivity contribution is 7.09. The number of benzene rings is 1. The molecule has 1 amide bonds. The molecule has 0 radical (unpaired) electrons. The van der Waals surface area contributed by atoms with E-state index in [-0.39, 0.29) is 18.4 Å². The Morgan fingerprint density at radius 3 is 2.93 bits per heavy atom. The van der Waals surface area contributed by atoms with Crippen LogP contribution in [0.25, 0.3) is 0 Å². The van der Waals surface area contributed by atoms with Crippen LogP contribution in [0.4, 0.5) is 0 Å². The first kappa shape index (κ1) is 20.5. The minimum atomic E-state index is -0.381. The Hall–Kier alpha value is -2.75. The van der Waals surface area contributed by atoms with E-state index in [1.54, 1.807) is 29.9 Å². The summed E-state index contributed by atoms with van der Waals surface area (Å²) in [7, 11) is 0. The number of amides is 1. The Bertz CT molecular complexity index is 1110. The van der Waals surface area contributed by atoms with E-state index in [9.17, 15) is 4.79 Å². The highest BCUT2D eigenvalue weighted by Gasteiger charge is 2.21. The van der Waals surface area contributed by atoms with Crippen molar-refractivity contribution in [3.8, 4) is 0 Å². The second kappa shape index (κ2) is 9.38. The number of rotatable bonds is 8. The first-order valence-corrected chi connectivity index (χ1v) is 10.7. The van der Waals surface area contributed by atoms with Crippen molar-refractivity contribution in [2.45, 2.75) is 25.4 Å². The number of nitrogens with zero attached hydrogens (tertiary/aromatic N) is 5. The van der Waals surface area contributed by atoms with Crippen LogP contribution in [0.15, 0.2) is 48.2 Å². The second-order valence-electron chi connectivity index (χ2n) is 6.58. The first-order chi connectivity index (χ1) is 14.6. The third kappa shape index (κ3) is 4.86. The van der Waals surface area contributed by atoms with E-state index in [1.165, 1.54) is 0 Å². The maximum atomic E-state index is 12.8. The number of halogens is 2. The molecular formula is C19H17Cl2N7OS. The zero-order valence-corrected chi connectivity index (χ0v) is 18.0. The summed E-state index contributed by atoms with van der Waals surface area (Å²) in [6.07, 6.45) is 4.07. The lowest BCUT2D eigenvalue weighted by atomic mass is 10.1. The monoisotopic (exact) mass is 461 g/mol. The van der Waals surface area contributed by atoms with Crippen molar-refractivity contribution in [2.24, 2.45) is 0 Å². The molecule has 4 rings (SSSR count). The van der Waals surface area contributed by atoms with Crippen LogP contribution >= 0.6 is 34.5 Å². The summed E-state index contributed by atoms with van der Waals surface area (Å²) in [5.41, 5.74) is 1.61. The third-order valence-electron chi connectivity index (χ3n) is 4.51. The molecule has 8 nitrogen and oxygen atoms in total. The lowest BCUT2D eigenvalue weighted by Crippen LogP contribution is -2.32. The molecule has 0 spiro atoms. The fourth-order valence-corrected chi connectivity index (χ4v) is 4.19. The van der Waals surface area contributed by atoms with Gasteiger partial charge < -0.3 is 9.88 Å². The van der Waals surface area contributed by atoms with Crippen molar-refractivity contribution in [3.63, 3.8) is 0 Å². The molecule has 0 saturated heterocycles. The van der Waals surface area contributed by atoms with Gasteiger partial charge in [-0.3, -0.25) is 4.79 Å². The summed E-state index contributed by atoms with van der Waals surface area (Å²) in [5.74, 6) is 0.274. The minimum Gasteiger partial charge on any atom is -0.345 e. The Morgan fingerprint density at radius 1 is 1.27 bits per heavy atom. The van der Waals surface area contributed by atoms with E-state index in [4.69, 9.17) is 23.2 Å². The lowest BCUT2D eigenvalue weighted by molar-refractivity contribution is -0.121. The zero-order valence-electron chi connectivity index (χ0n) is 15.6. The molecule has 0 aliphatic carbocycles. The molecule has 0 bridgehead atoms. The number of carbonyl (C=O) groups is 1. The first-order valence-electron chi connectivity index (χ1n) is 9.07. The van der Waals surface area contributed by atoms with Crippen molar-refractivity contribution in [2.75, 3.05) is 0 Å². The van der Waals surface area contributed by atoms with Crippen LogP contribution in [0.5, 0.6) is 0 Å². The van der Waals surface area contributed by atoms with E-state index in [0.29, 0.717) is 28.8 Å². The summed E-state index contributed by atoms with van der Waals surface area (Å²) >= 11 is 14.0. The summed E-state index contributed by atoms with van der Waals surface area (Å²) in [5, 5.41) is 20.1. The molecule has 0 aliphatic heterocycles. The standard InChI is InChI=1S/C19H17Cl2N7OS/c20-15-5-1-3-12(18(15)21)10-28-11-22-9-13(28)7-17(29)23-16(19-24-26-27-25-19)8-14-4-2-6-30-14/h1-6,9,11,16H,7-8,10H2,(H,23,29)(H,24,25,26,27). The number of aromatic nitrogens is 6. The largest absolute Gasteiger partial charge is 0.345 e. The van der Waals surface area contributed by atoms with Gasteiger partial charge in [0.1, 0.15) is 0 Å². The van der Waals surface area contributed by atoms with Gasteiger partial charge in [0.15, 0.2) is 5.82 Å². The van der Waals surface area contributed by atoms with Crippen LogP contribution in [0.2, 0.25) is 10.0 Å². The van der Waals surface area contributed by atoms with Gasteiger partial charge >= 0.3 is 0 Å². The smallest absolute Gasteiger partial charge is 0.226 e. The van der Waals surface area contributed by atoms with Crippen LogP contribution in [0.1, 0.15) is 28.0 Å². The van der Waals surface area contributed by atoms with Gasteiger partial charge in [0, 0.05) is 23.2 Å². The molecule has 154 valence electrons. The quantitative estimate of drug-likeness (QED) is 0.418. The fourth-order valence-electron chi connectivity index (χ4n) is 3.06. The predicted octanol–water partition coefficient (Wildman–Crippen LogP) is 3.46. The van der Waals surface area contributed by atoms with Gasteiger partial charge in [-0.2, -0.15) is 5.21 Å². The molecule has 4 aromatic rings. The van der Waals surface area contributed by atoms with Crippen LogP contribution in [-0.2, 0) is 24.2 Å². The van der Waals surface area contributed by atoms with Gasteiger partial charge in [-0.1, -0.05) is 46.6 Å². The van der Waals surface area contributed by atoms with Crippen LogP contribution in [0, 0.1) is 0 Å². The fraction of sp³-hybridized carbons (Fsp3) is 0.211. The Balaban J connectivity index is 1.46. The number of H-pyrrole nitrogens is 1. The van der Waals surface area contributed by atoms with Gasteiger partial charge in [-0.15, -0.1) is 21.5 Å². The van der Waals surface area contributed by atoms with Crippen molar-refractivity contribution in [1.29, 1.82) is 0 Å². The molecule has 1 aromatic carbocycles. The molecule has 2 N–H and O–H groups in total. The third-order valence-corrected chi connectivity index (χ3v) is 6.26. The summed E-state index contributed by atoms with van der Waals surface area (Å²) in [6, 6.07) is 9.07. The zero-order chi connectivity index (χ0) is 20.9. The number of tetrazole rings is 1. The Kier molecular flexibility index (Phi) is 6.41. The number of aromatic amines is 1. The number of nitrogens with one attached hydrogen (secondary N) is 2. The second-order valence-corrected chi connectivity index (χ2v) is 8.39. The molecular weight excluding hydrogens is 445 g/mol. The van der Waals surface area contributed by atoms with Gasteiger partial charge in [0.2, 0.25) is 5.91 Å².